The number of hydrogen-bond donors (Lipinski definition) is 0. The van der Waals surface area contributed by atoms with Gasteiger partial charge >= 0.3 is 6.01 Å². The lowest BCUT2D eigenvalue weighted by atomic mass is 9.56. The highest BCUT2D eigenvalue weighted by Gasteiger charge is 2.62. The number of aromatic nitrogens is 2. The number of benzene rings is 1. The van der Waals surface area contributed by atoms with E-state index in [1.54, 1.807) is 14.2 Å². The fraction of sp³-hybridized carbons (Fsp3) is 0.368. The molecule has 0 radical (unpaired) electrons. The zero-order valence-corrected chi connectivity index (χ0v) is 14.6. The quantitative estimate of drug-likeness (QED) is 0.759. The summed E-state index contributed by atoms with van der Waals surface area (Å²) >= 11 is 0. The van der Waals surface area contributed by atoms with Crippen molar-refractivity contribution in [2.24, 2.45) is 11.8 Å². The molecule has 26 heavy (non-hydrogen) atoms. The van der Waals surface area contributed by atoms with Crippen LogP contribution in [0.4, 0.5) is 0 Å². The molecule has 2 aromatic rings. The molecule has 6 rings (SSSR count). The molecule has 1 aliphatic heterocycles. The van der Waals surface area contributed by atoms with Crippen LogP contribution in [0.1, 0.15) is 34.2 Å². The Bertz CT molecular complexity index is 973. The molecule has 1 fully saturated rings. The highest BCUT2D eigenvalue weighted by atomic mass is 16.5. The first kappa shape index (κ1) is 15.3. The summed E-state index contributed by atoms with van der Waals surface area (Å²) in [5.74, 6) is -1.36. The van der Waals surface area contributed by atoms with Crippen LogP contribution in [0, 0.1) is 11.8 Å². The summed E-state index contributed by atoms with van der Waals surface area (Å²) in [7, 11) is 4.60. The van der Waals surface area contributed by atoms with Crippen molar-refractivity contribution in [2.45, 2.75) is 11.8 Å². The molecule has 132 valence electrons. The molecule has 3 aliphatic carbocycles. The van der Waals surface area contributed by atoms with Gasteiger partial charge in [0.05, 0.1) is 31.7 Å². The van der Waals surface area contributed by atoms with E-state index in [4.69, 9.17) is 9.47 Å². The second-order valence-electron chi connectivity index (χ2n) is 6.89. The maximum absolute atomic E-state index is 12.9. The molecule has 0 spiro atoms. The molecule has 7 nitrogen and oxygen atoms in total. The first-order chi connectivity index (χ1) is 12.6. The Balaban J connectivity index is 1.86. The van der Waals surface area contributed by atoms with Gasteiger partial charge in [-0.1, -0.05) is 24.3 Å². The average Bonchev–Trinajstić information content (AvgIpc) is 2.91. The van der Waals surface area contributed by atoms with Gasteiger partial charge in [0, 0.05) is 24.4 Å². The number of rotatable bonds is 2. The number of amides is 2. The van der Waals surface area contributed by atoms with Gasteiger partial charge in [-0.15, -0.1) is 0 Å². The summed E-state index contributed by atoms with van der Waals surface area (Å²) in [6.45, 7) is 0. The van der Waals surface area contributed by atoms with Gasteiger partial charge < -0.3 is 9.47 Å². The van der Waals surface area contributed by atoms with E-state index < -0.39 is 11.8 Å². The second-order valence-corrected chi connectivity index (χ2v) is 6.89. The third-order valence-corrected chi connectivity index (χ3v) is 5.90. The van der Waals surface area contributed by atoms with Gasteiger partial charge in [-0.3, -0.25) is 14.5 Å². The molecular weight excluding hydrogens is 334 g/mol. The predicted molar refractivity (Wildman–Crippen MR) is 90.0 cm³/mol. The third kappa shape index (κ3) is 1.63. The minimum Gasteiger partial charge on any atom is -0.481 e. The number of imide groups is 1. The van der Waals surface area contributed by atoms with Crippen molar-refractivity contribution in [3.8, 4) is 11.9 Å². The highest BCUT2D eigenvalue weighted by molar-refractivity contribution is 6.07. The van der Waals surface area contributed by atoms with Crippen LogP contribution in [0.5, 0.6) is 11.9 Å². The number of likely N-dealkylation sites (tertiary alicyclic amines) is 1. The van der Waals surface area contributed by atoms with E-state index in [9.17, 15) is 9.59 Å². The molecule has 2 heterocycles. The van der Waals surface area contributed by atoms with Gasteiger partial charge in [-0.25, -0.2) is 0 Å². The summed E-state index contributed by atoms with van der Waals surface area (Å²) in [5.41, 5.74) is 3.63. The fourth-order valence-corrected chi connectivity index (χ4v) is 4.90. The van der Waals surface area contributed by atoms with E-state index in [1.165, 1.54) is 12.0 Å². The third-order valence-electron chi connectivity index (χ3n) is 5.90. The number of carbonyl (C=O) groups excluding carboxylic acids is 2. The van der Waals surface area contributed by atoms with Crippen LogP contribution in [-0.4, -0.2) is 47.9 Å². The lowest BCUT2D eigenvalue weighted by Gasteiger charge is -2.45. The molecule has 1 saturated heterocycles. The molecule has 7 heteroatoms. The average molecular weight is 351 g/mol. The van der Waals surface area contributed by atoms with Crippen molar-refractivity contribution in [2.75, 3.05) is 21.3 Å². The van der Waals surface area contributed by atoms with Crippen LogP contribution in [0.25, 0.3) is 0 Å². The van der Waals surface area contributed by atoms with E-state index in [-0.39, 0.29) is 29.7 Å². The van der Waals surface area contributed by atoms with E-state index in [1.807, 2.05) is 24.3 Å². The molecule has 2 bridgehead atoms. The van der Waals surface area contributed by atoms with Crippen molar-refractivity contribution in [3.05, 3.63) is 46.6 Å². The van der Waals surface area contributed by atoms with E-state index in [0.29, 0.717) is 5.88 Å². The van der Waals surface area contributed by atoms with Gasteiger partial charge in [0.1, 0.15) is 0 Å². The van der Waals surface area contributed by atoms with E-state index in [0.717, 1.165) is 22.4 Å². The van der Waals surface area contributed by atoms with Crippen LogP contribution in [0.3, 0.4) is 0 Å². The maximum Gasteiger partial charge on any atom is 0.319 e. The van der Waals surface area contributed by atoms with Crippen LogP contribution in [0.15, 0.2) is 24.3 Å². The van der Waals surface area contributed by atoms with E-state index in [2.05, 4.69) is 9.97 Å². The number of hydrogen-bond acceptors (Lipinski definition) is 6. The molecule has 4 unspecified atom stereocenters. The van der Waals surface area contributed by atoms with Gasteiger partial charge in [0.15, 0.2) is 0 Å². The zero-order valence-electron chi connectivity index (χ0n) is 14.6. The first-order valence-corrected chi connectivity index (χ1v) is 8.48. The molecule has 2 amide bonds. The van der Waals surface area contributed by atoms with Crippen LogP contribution < -0.4 is 9.47 Å². The SMILES string of the molecule is COc1nc(OC)c2c(n1)C1c3ccccc3C2C2C(=O)N(C)C(=O)C12. The Hall–Kier alpha value is -2.96. The Kier molecular flexibility index (Phi) is 2.96. The molecule has 1 aromatic heterocycles. The Morgan fingerprint density at radius 3 is 2.15 bits per heavy atom. The van der Waals surface area contributed by atoms with Crippen LogP contribution in [0.2, 0.25) is 0 Å². The summed E-state index contributed by atoms with van der Waals surface area (Å²) in [5, 5.41) is 0. The topological polar surface area (TPSA) is 81.6 Å². The lowest BCUT2D eigenvalue weighted by molar-refractivity contribution is -0.138. The fourth-order valence-electron chi connectivity index (χ4n) is 4.90. The maximum atomic E-state index is 12.9. The Morgan fingerprint density at radius 1 is 0.923 bits per heavy atom. The largest absolute Gasteiger partial charge is 0.481 e. The smallest absolute Gasteiger partial charge is 0.319 e. The minimum absolute atomic E-state index is 0.145. The number of carbonyl (C=O) groups is 2. The lowest BCUT2D eigenvalue weighted by Crippen LogP contribution is -2.42. The second kappa shape index (κ2) is 5.03. The van der Waals surface area contributed by atoms with Gasteiger partial charge in [0.25, 0.3) is 0 Å². The molecular formula is C19H17N3O4. The summed E-state index contributed by atoms with van der Waals surface area (Å²) in [6.07, 6.45) is 0. The van der Waals surface area contributed by atoms with Crippen molar-refractivity contribution in [1.29, 1.82) is 0 Å². The van der Waals surface area contributed by atoms with Crippen LogP contribution in [-0.2, 0) is 9.59 Å². The van der Waals surface area contributed by atoms with Crippen molar-refractivity contribution >= 4 is 11.8 Å². The molecule has 1 aromatic carbocycles. The normalized spacial score (nSPS) is 27.9. The molecule has 0 saturated carbocycles. The first-order valence-electron chi connectivity index (χ1n) is 8.48. The minimum atomic E-state index is -0.441. The predicted octanol–water partition coefficient (Wildman–Crippen LogP) is 1.32. The van der Waals surface area contributed by atoms with E-state index >= 15 is 0 Å². The number of nitrogens with zero attached hydrogens (tertiary/aromatic N) is 3. The molecule has 4 atom stereocenters. The zero-order chi connectivity index (χ0) is 18.2. The van der Waals surface area contributed by atoms with Gasteiger partial charge in [0.2, 0.25) is 17.7 Å². The highest BCUT2D eigenvalue weighted by Crippen LogP contribution is 2.62. The molecule has 0 N–H and O–H groups in total. The summed E-state index contributed by atoms with van der Waals surface area (Å²) in [6, 6.07) is 8.15. The van der Waals surface area contributed by atoms with Crippen molar-refractivity contribution in [3.63, 3.8) is 0 Å². The molecule has 4 aliphatic rings. The van der Waals surface area contributed by atoms with Gasteiger partial charge in [-0.2, -0.15) is 9.97 Å². The number of ether oxygens (including phenoxy) is 2. The Labute approximate surface area is 150 Å². The standard InChI is InChI=1S/C19H17N3O4/c1-22-17(23)12-10-8-6-4-5-7-9(8)11(13(12)18(22)24)15-14(10)16(25-2)21-19(20-15)26-3/h4-7,10-13H,1-3H3. The van der Waals surface area contributed by atoms with Crippen LogP contribution >= 0.6 is 0 Å². The summed E-state index contributed by atoms with van der Waals surface area (Å²) < 4.78 is 10.8. The monoisotopic (exact) mass is 351 g/mol. The summed E-state index contributed by atoms with van der Waals surface area (Å²) in [4.78, 5) is 35.9. The Morgan fingerprint density at radius 2 is 1.54 bits per heavy atom. The van der Waals surface area contributed by atoms with Crippen molar-refractivity contribution < 1.29 is 19.1 Å². The van der Waals surface area contributed by atoms with Crippen molar-refractivity contribution in [1.82, 2.24) is 14.9 Å². The van der Waals surface area contributed by atoms with Gasteiger partial charge in [-0.05, 0) is 11.1 Å². The number of methoxy groups -OCH3 is 2.